The average molecular weight is 340 g/mol. The van der Waals surface area contributed by atoms with Crippen molar-refractivity contribution < 1.29 is 14.4 Å². The van der Waals surface area contributed by atoms with Gasteiger partial charge in [-0.1, -0.05) is 12.1 Å². The summed E-state index contributed by atoms with van der Waals surface area (Å²) in [6, 6.07) is 9.35. The lowest BCUT2D eigenvalue weighted by atomic mass is 10.2. The standard InChI is InChI=1S/C18H20N4O3/c1-12-11-13(2)22(20-12)15-6-4-3-5-14(15)19-16(23)9-10-21-17(24)7-8-18(21)25/h3-6,11H,7-10H2,1-2H3,(H,19,23). The van der Waals surface area contributed by atoms with Gasteiger partial charge in [-0.2, -0.15) is 5.10 Å². The Morgan fingerprint density at radius 1 is 1.16 bits per heavy atom. The third kappa shape index (κ3) is 3.60. The van der Waals surface area contributed by atoms with Gasteiger partial charge >= 0.3 is 0 Å². The van der Waals surface area contributed by atoms with Crippen molar-refractivity contribution in [2.24, 2.45) is 0 Å². The number of carbonyl (C=O) groups is 3. The molecule has 1 aliphatic rings. The van der Waals surface area contributed by atoms with E-state index >= 15 is 0 Å². The molecule has 1 saturated heterocycles. The summed E-state index contributed by atoms with van der Waals surface area (Å²) in [4.78, 5) is 36.6. The van der Waals surface area contributed by atoms with E-state index in [1.165, 1.54) is 0 Å². The van der Waals surface area contributed by atoms with Gasteiger partial charge in [0.1, 0.15) is 0 Å². The fourth-order valence-corrected chi connectivity index (χ4v) is 2.94. The number of hydrogen-bond donors (Lipinski definition) is 1. The molecule has 0 saturated carbocycles. The molecule has 3 amide bonds. The number of amides is 3. The largest absolute Gasteiger partial charge is 0.324 e. The summed E-state index contributed by atoms with van der Waals surface area (Å²) in [5.41, 5.74) is 3.27. The molecule has 2 heterocycles. The zero-order valence-corrected chi connectivity index (χ0v) is 14.3. The van der Waals surface area contributed by atoms with Crippen LogP contribution in [0.15, 0.2) is 30.3 Å². The Kier molecular flexibility index (Phi) is 4.65. The molecular formula is C18H20N4O3. The fraction of sp³-hybridized carbons (Fsp3) is 0.333. The van der Waals surface area contributed by atoms with Crippen LogP contribution in [0.3, 0.4) is 0 Å². The molecule has 2 aromatic rings. The lowest BCUT2D eigenvalue weighted by molar-refractivity contribution is -0.138. The van der Waals surface area contributed by atoms with Gasteiger partial charge in [0.15, 0.2) is 0 Å². The van der Waals surface area contributed by atoms with Crippen molar-refractivity contribution in [3.05, 3.63) is 41.7 Å². The zero-order valence-electron chi connectivity index (χ0n) is 14.3. The van der Waals surface area contributed by atoms with Crippen LogP contribution in [0, 0.1) is 13.8 Å². The molecule has 130 valence electrons. The second kappa shape index (κ2) is 6.88. The number of benzene rings is 1. The maximum atomic E-state index is 12.3. The molecule has 0 unspecified atom stereocenters. The Morgan fingerprint density at radius 2 is 1.84 bits per heavy atom. The molecule has 0 bridgehead atoms. The average Bonchev–Trinajstić information content (AvgIpc) is 3.07. The van der Waals surface area contributed by atoms with Gasteiger partial charge in [0.2, 0.25) is 17.7 Å². The van der Waals surface area contributed by atoms with Crippen LogP contribution in [0.5, 0.6) is 0 Å². The first kappa shape index (κ1) is 16.9. The second-order valence-electron chi connectivity index (χ2n) is 6.09. The minimum absolute atomic E-state index is 0.0724. The van der Waals surface area contributed by atoms with Crippen LogP contribution in [0.4, 0.5) is 5.69 Å². The number of rotatable bonds is 5. The summed E-state index contributed by atoms with van der Waals surface area (Å²) in [6.07, 6.45) is 0.547. The highest BCUT2D eigenvalue weighted by molar-refractivity contribution is 6.02. The van der Waals surface area contributed by atoms with Gasteiger partial charge < -0.3 is 5.32 Å². The first-order chi connectivity index (χ1) is 12.0. The molecule has 1 aliphatic heterocycles. The number of nitrogens with zero attached hydrogens (tertiary/aromatic N) is 3. The number of carbonyl (C=O) groups excluding carboxylic acids is 3. The number of likely N-dealkylation sites (tertiary alicyclic amines) is 1. The fourth-order valence-electron chi connectivity index (χ4n) is 2.94. The van der Waals surface area contributed by atoms with Crippen LogP contribution in [0.2, 0.25) is 0 Å². The molecule has 3 rings (SSSR count). The van der Waals surface area contributed by atoms with Gasteiger partial charge in [-0.3, -0.25) is 19.3 Å². The highest BCUT2D eigenvalue weighted by atomic mass is 16.2. The van der Waals surface area contributed by atoms with E-state index in [0.29, 0.717) is 5.69 Å². The third-order valence-corrected chi connectivity index (χ3v) is 4.13. The molecule has 1 N–H and O–H groups in total. The maximum Gasteiger partial charge on any atom is 0.229 e. The monoisotopic (exact) mass is 340 g/mol. The van der Waals surface area contributed by atoms with Crippen LogP contribution in [-0.2, 0) is 14.4 Å². The van der Waals surface area contributed by atoms with Crippen molar-refractivity contribution >= 4 is 23.4 Å². The first-order valence-corrected chi connectivity index (χ1v) is 8.21. The number of aryl methyl sites for hydroxylation is 2. The third-order valence-electron chi connectivity index (χ3n) is 4.13. The van der Waals surface area contributed by atoms with Crippen LogP contribution < -0.4 is 5.32 Å². The quantitative estimate of drug-likeness (QED) is 0.844. The van der Waals surface area contributed by atoms with E-state index in [9.17, 15) is 14.4 Å². The van der Waals surface area contributed by atoms with E-state index in [2.05, 4.69) is 10.4 Å². The highest BCUT2D eigenvalue weighted by Crippen LogP contribution is 2.22. The number of imide groups is 1. The van der Waals surface area contributed by atoms with Crippen LogP contribution in [-0.4, -0.2) is 38.9 Å². The molecule has 1 aromatic heterocycles. The zero-order chi connectivity index (χ0) is 18.0. The number of nitrogens with one attached hydrogen (secondary N) is 1. The minimum atomic E-state index is -0.249. The molecular weight excluding hydrogens is 320 g/mol. The van der Waals surface area contributed by atoms with Gasteiger partial charge in [-0.25, -0.2) is 4.68 Å². The van der Waals surface area contributed by atoms with Gasteiger partial charge in [0.25, 0.3) is 0 Å². The van der Waals surface area contributed by atoms with E-state index in [4.69, 9.17) is 0 Å². The van der Waals surface area contributed by atoms with Crippen molar-refractivity contribution in [3.63, 3.8) is 0 Å². The predicted molar refractivity (Wildman–Crippen MR) is 92.2 cm³/mol. The van der Waals surface area contributed by atoms with Crippen LogP contribution in [0.1, 0.15) is 30.7 Å². The molecule has 7 heteroatoms. The first-order valence-electron chi connectivity index (χ1n) is 8.21. The number of aromatic nitrogens is 2. The van der Waals surface area contributed by atoms with Crippen molar-refractivity contribution in [2.75, 3.05) is 11.9 Å². The van der Waals surface area contributed by atoms with E-state index in [-0.39, 0.29) is 43.5 Å². The van der Waals surface area contributed by atoms with Gasteiger partial charge in [-0.15, -0.1) is 0 Å². The molecule has 0 atom stereocenters. The SMILES string of the molecule is Cc1cc(C)n(-c2ccccc2NC(=O)CCN2C(=O)CCC2=O)n1. The number of para-hydroxylation sites is 2. The summed E-state index contributed by atoms with van der Waals surface area (Å²) < 4.78 is 1.78. The van der Waals surface area contributed by atoms with Gasteiger partial charge in [0.05, 0.1) is 17.1 Å². The molecule has 0 aliphatic carbocycles. The summed E-state index contributed by atoms with van der Waals surface area (Å²) in [6.45, 7) is 3.98. The van der Waals surface area contributed by atoms with Crippen LogP contribution in [0.25, 0.3) is 5.69 Å². The molecule has 1 fully saturated rings. The van der Waals surface area contributed by atoms with E-state index in [1.54, 1.807) is 10.7 Å². The summed E-state index contributed by atoms with van der Waals surface area (Å²) >= 11 is 0. The lowest BCUT2D eigenvalue weighted by Gasteiger charge is -2.15. The Hall–Kier alpha value is -2.96. The van der Waals surface area contributed by atoms with Gasteiger partial charge in [0, 0.05) is 31.5 Å². The number of anilines is 1. The normalized spacial score (nSPS) is 14.2. The summed E-state index contributed by atoms with van der Waals surface area (Å²) in [5, 5.41) is 7.30. The smallest absolute Gasteiger partial charge is 0.229 e. The van der Waals surface area contributed by atoms with E-state index < -0.39 is 0 Å². The second-order valence-corrected chi connectivity index (χ2v) is 6.09. The maximum absolute atomic E-state index is 12.3. The molecule has 0 radical (unpaired) electrons. The minimum Gasteiger partial charge on any atom is -0.324 e. The summed E-state index contributed by atoms with van der Waals surface area (Å²) in [5.74, 6) is -0.664. The van der Waals surface area contributed by atoms with Crippen molar-refractivity contribution in [1.82, 2.24) is 14.7 Å². The lowest BCUT2D eigenvalue weighted by Crippen LogP contribution is -2.32. The van der Waals surface area contributed by atoms with Crippen molar-refractivity contribution in [1.29, 1.82) is 0 Å². The Labute approximate surface area is 145 Å². The molecule has 25 heavy (non-hydrogen) atoms. The Bertz CT molecular complexity index is 825. The molecule has 7 nitrogen and oxygen atoms in total. The van der Waals surface area contributed by atoms with Crippen LogP contribution >= 0.6 is 0 Å². The van der Waals surface area contributed by atoms with Gasteiger partial charge in [-0.05, 0) is 32.0 Å². The van der Waals surface area contributed by atoms with Crippen molar-refractivity contribution in [3.8, 4) is 5.69 Å². The topological polar surface area (TPSA) is 84.3 Å². The predicted octanol–water partition coefficient (Wildman–Crippen LogP) is 1.97. The number of hydrogen-bond acceptors (Lipinski definition) is 4. The molecule has 1 aromatic carbocycles. The highest BCUT2D eigenvalue weighted by Gasteiger charge is 2.28. The van der Waals surface area contributed by atoms with E-state index in [1.807, 2.05) is 38.1 Å². The molecule has 0 spiro atoms. The van der Waals surface area contributed by atoms with E-state index in [0.717, 1.165) is 22.0 Å². The Morgan fingerprint density at radius 3 is 2.48 bits per heavy atom. The summed E-state index contributed by atoms with van der Waals surface area (Å²) in [7, 11) is 0. The van der Waals surface area contributed by atoms with Crippen molar-refractivity contribution in [2.45, 2.75) is 33.1 Å². The Balaban J connectivity index is 1.71.